The predicted octanol–water partition coefficient (Wildman–Crippen LogP) is 17.8. The molecule has 0 radical (unpaired) electrons. The van der Waals surface area contributed by atoms with Gasteiger partial charge >= 0.3 is 0 Å². The van der Waals surface area contributed by atoms with E-state index in [1.165, 1.54) is 60.8 Å². The van der Waals surface area contributed by atoms with Crippen molar-refractivity contribution in [3.63, 3.8) is 0 Å². The molecule has 0 fully saturated rings. The second-order valence-electron chi connectivity index (χ2n) is 18.4. The van der Waals surface area contributed by atoms with Gasteiger partial charge in [-0.2, -0.15) is 0 Å². The molecule has 2 heterocycles. The van der Waals surface area contributed by atoms with Crippen LogP contribution in [0.2, 0.25) is 0 Å². The Hall–Kier alpha value is -9.18. The molecule has 2 aromatic heterocycles. The van der Waals surface area contributed by atoms with E-state index in [1.54, 1.807) is 0 Å². The highest BCUT2D eigenvalue weighted by atomic mass is 16.3. The van der Waals surface area contributed by atoms with E-state index >= 15 is 0 Å². The van der Waals surface area contributed by atoms with Gasteiger partial charge in [0.05, 0.1) is 16.4 Å². The van der Waals surface area contributed by atoms with Crippen molar-refractivity contribution >= 4 is 60.8 Å². The van der Waals surface area contributed by atoms with Gasteiger partial charge in [-0.05, 0) is 141 Å². The monoisotopic (exact) mass is 892 g/mol. The van der Waals surface area contributed by atoms with Gasteiger partial charge in [0.2, 0.25) is 0 Å². The van der Waals surface area contributed by atoms with Crippen LogP contribution in [0.3, 0.4) is 0 Å². The van der Waals surface area contributed by atoms with Crippen LogP contribution in [-0.4, -0.2) is 4.57 Å². The average molecular weight is 893 g/mol. The first-order chi connectivity index (χ1) is 34.7. The van der Waals surface area contributed by atoms with E-state index in [-0.39, 0.29) is 0 Å². The van der Waals surface area contributed by atoms with Crippen LogP contribution in [0.25, 0.3) is 82.8 Å². The normalized spacial score (nSPS) is 12.7. The van der Waals surface area contributed by atoms with Gasteiger partial charge in [0.1, 0.15) is 11.2 Å². The van der Waals surface area contributed by atoms with Gasteiger partial charge in [-0.15, -0.1) is 0 Å². The summed E-state index contributed by atoms with van der Waals surface area (Å²) in [4.78, 5) is 2.41. The van der Waals surface area contributed by atoms with E-state index < -0.39 is 5.41 Å². The highest BCUT2D eigenvalue weighted by molar-refractivity contribution is 6.10. The molecule has 14 rings (SSSR count). The maximum absolute atomic E-state index is 6.32. The Balaban J connectivity index is 0.917. The number of nitrogens with zero attached hydrogens (tertiary/aromatic N) is 2. The number of furan rings is 1. The molecule has 0 saturated carbocycles. The van der Waals surface area contributed by atoms with Gasteiger partial charge < -0.3 is 13.9 Å². The van der Waals surface area contributed by atoms with E-state index in [1.807, 2.05) is 12.1 Å². The minimum atomic E-state index is -0.526. The summed E-state index contributed by atoms with van der Waals surface area (Å²) in [5.74, 6) is 0. The molecular formula is C67H44N2O. The Morgan fingerprint density at radius 1 is 0.314 bits per heavy atom. The molecule has 1 aliphatic carbocycles. The number of hydrogen-bond donors (Lipinski definition) is 0. The molecule has 0 atom stereocenters. The smallest absolute Gasteiger partial charge is 0.136 e. The molecule has 70 heavy (non-hydrogen) atoms. The third-order valence-corrected chi connectivity index (χ3v) is 14.7. The minimum Gasteiger partial charge on any atom is -0.456 e. The van der Waals surface area contributed by atoms with Crippen LogP contribution in [0.4, 0.5) is 17.1 Å². The van der Waals surface area contributed by atoms with Crippen molar-refractivity contribution in [3.05, 3.63) is 289 Å². The van der Waals surface area contributed by atoms with E-state index in [0.29, 0.717) is 0 Å². The first-order valence-electron chi connectivity index (χ1n) is 24.1. The van der Waals surface area contributed by atoms with E-state index in [9.17, 15) is 0 Å². The lowest BCUT2D eigenvalue weighted by Gasteiger charge is -2.35. The fourth-order valence-electron chi connectivity index (χ4n) is 11.5. The Morgan fingerprint density at radius 3 is 1.54 bits per heavy atom. The zero-order valence-electron chi connectivity index (χ0n) is 38.2. The molecule has 0 saturated heterocycles. The zero-order valence-corrected chi connectivity index (χ0v) is 38.2. The number of aromatic nitrogens is 1. The van der Waals surface area contributed by atoms with Crippen LogP contribution in [-0.2, 0) is 5.41 Å². The highest BCUT2D eigenvalue weighted by Gasteiger charge is 2.46. The topological polar surface area (TPSA) is 21.3 Å². The van der Waals surface area contributed by atoms with Crippen LogP contribution < -0.4 is 4.90 Å². The third kappa shape index (κ3) is 6.15. The first-order valence-corrected chi connectivity index (χ1v) is 24.1. The van der Waals surface area contributed by atoms with Crippen molar-refractivity contribution in [1.29, 1.82) is 0 Å². The summed E-state index contributed by atoms with van der Waals surface area (Å²) in [6.07, 6.45) is 0. The van der Waals surface area contributed by atoms with Gasteiger partial charge in [0.25, 0.3) is 0 Å². The van der Waals surface area contributed by atoms with E-state index in [0.717, 1.165) is 61.4 Å². The quantitative estimate of drug-likeness (QED) is 0.152. The summed E-state index contributed by atoms with van der Waals surface area (Å²) >= 11 is 0. The minimum absolute atomic E-state index is 0.526. The second-order valence-corrected chi connectivity index (χ2v) is 18.4. The maximum atomic E-state index is 6.32. The average Bonchev–Trinajstić information content (AvgIpc) is 4.08. The second kappa shape index (κ2) is 16.0. The molecule has 328 valence electrons. The molecule has 0 aliphatic heterocycles. The molecule has 13 aromatic rings. The maximum Gasteiger partial charge on any atom is 0.136 e. The Kier molecular flexibility index (Phi) is 9.11. The molecule has 0 amide bonds. The summed E-state index contributed by atoms with van der Waals surface area (Å²) < 4.78 is 8.70. The van der Waals surface area contributed by atoms with Gasteiger partial charge in [-0.1, -0.05) is 182 Å². The fraction of sp³-hybridized carbons (Fsp3) is 0.0149. The molecule has 0 N–H and O–H groups in total. The van der Waals surface area contributed by atoms with Crippen LogP contribution in [0.1, 0.15) is 22.3 Å². The molecular weight excluding hydrogens is 849 g/mol. The van der Waals surface area contributed by atoms with Crippen molar-refractivity contribution < 1.29 is 4.42 Å². The number of rotatable bonds is 8. The van der Waals surface area contributed by atoms with Crippen molar-refractivity contribution in [2.45, 2.75) is 5.41 Å². The van der Waals surface area contributed by atoms with E-state index in [4.69, 9.17) is 4.42 Å². The van der Waals surface area contributed by atoms with Crippen molar-refractivity contribution in [2.75, 3.05) is 4.90 Å². The van der Waals surface area contributed by atoms with Crippen LogP contribution >= 0.6 is 0 Å². The molecule has 0 bridgehead atoms. The van der Waals surface area contributed by atoms with Crippen LogP contribution in [0.5, 0.6) is 0 Å². The number of para-hydroxylation sites is 3. The summed E-state index contributed by atoms with van der Waals surface area (Å²) in [6.45, 7) is 0. The summed E-state index contributed by atoms with van der Waals surface area (Å²) in [5, 5.41) is 4.75. The Bertz CT molecular complexity index is 4050. The summed E-state index contributed by atoms with van der Waals surface area (Å²) in [7, 11) is 0. The van der Waals surface area contributed by atoms with Gasteiger partial charge in [-0.3, -0.25) is 0 Å². The number of anilines is 3. The SMILES string of the molecule is c1ccc(-n2c3ccccc3c3cc(-c4ccc(N(c5ccc(-c6ccc7c(c6)oc6ccccc67)cc5)c5ccc6c(c5)C(c5ccccc5)(c5ccccc5)c5ccccc5-6)cc4)ccc32)cc1. The summed E-state index contributed by atoms with van der Waals surface area (Å²) in [6, 6.07) is 97.3. The molecule has 1 aliphatic rings. The largest absolute Gasteiger partial charge is 0.456 e. The van der Waals surface area contributed by atoms with Crippen molar-refractivity contribution in [2.24, 2.45) is 0 Å². The van der Waals surface area contributed by atoms with Crippen LogP contribution in [0, 0.1) is 0 Å². The lowest BCUT2D eigenvalue weighted by Crippen LogP contribution is -2.28. The number of hydrogen-bond acceptors (Lipinski definition) is 2. The standard InChI is InChI=1S/C67H44N2O/c1-4-16-49(17-5-1)67(50-18-6-2-7-19-50)61-25-13-10-22-55(61)56-40-38-54(44-62(56)67)68(53-36-30-46(31-37-53)48-32-39-59-58-24-12-15-27-65(58)70-66(59)43-48)52-34-28-45(29-35-52)47-33-41-64-60(42-47)57-23-11-14-26-63(57)69(64)51-20-8-3-9-21-51/h1-44H. The summed E-state index contributed by atoms with van der Waals surface area (Å²) in [5.41, 5.74) is 20.2. The van der Waals surface area contributed by atoms with Crippen molar-refractivity contribution in [1.82, 2.24) is 4.57 Å². The van der Waals surface area contributed by atoms with Gasteiger partial charge in [0.15, 0.2) is 0 Å². The molecule has 3 heteroatoms. The highest BCUT2D eigenvalue weighted by Crippen LogP contribution is 2.57. The predicted molar refractivity (Wildman–Crippen MR) is 291 cm³/mol. The molecule has 11 aromatic carbocycles. The lowest BCUT2D eigenvalue weighted by molar-refractivity contribution is 0.669. The third-order valence-electron chi connectivity index (χ3n) is 14.7. The molecule has 0 unspecified atom stereocenters. The molecule has 3 nitrogen and oxygen atoms in total. The Morgan fingerprint density at radius 2 is 0.829 bits per heavy atom. The van der Waals surface area contributed by atoms with Gasteiger partial charge in [0, 0.05) is 44.3 Å². The zero-order chi connectivity index (χ0) is 46.2. The van der Waals surface area contributed by atoms with Crippen molar-refractivity contribution in [3.8, 4) is 39.1 Å². The molecule has 0 spiro atoms. The number of benzene rings is 11. The Labute approximate surface area is 406 Å². The fourth-order valence-corrected chi connectivity index (χ4v) is 11.5. The lowest BCUT2D eigenvalue weighted by atomic mass is 9.67. The first kappa shape index (κ1) is 39.9. The van der Waals surface area contributed by atoms with Gasteiger partial charge in [-0.25, -0.2) is 0 Å². The number of fused-ring (bicyclic) bond motifs is 9. The van der Waals surface area contributed by atoms with E-state index in [2.05, 4.69) is 264 Å². The van der Waals surface area contributed by atoms with Crippen LogP contribution in [0.15, 0.2) is 271 Å².